The molecule has 4 rings (SSSR count). The van der Waals surface area contributed by atoms with Crippen molar-refractivity contribution in [3.8, 4) is 34.5 Å². The Morgan fingerprint density at radius 2 is 1.83 bits per heavy atom. The monoisotopic (exact) mass is 477 g/mol. The summed E-state index contributed by atoms with van der Waals surface area (Å²) in [5.41, 5.74) is 3.36. The Morgan fingerprint density at radius 3 is 2.63 bits per heavy atom. The molecule has 35 heavy (non-hydrogen) atoms. The van der Waals surface area contributed by atoms with Crippen molar-refractivity contribution in [2.75, 3.05) is 34.0 Å². The van der Waals surface area contributed by atoms with Gasteiger partial charge in [-0.2, -0.15) is 4.52 Å². The van der Waals surface area contributed by atoms with Gasteiger partial charge in [0.1, 0.15) is 23.9 Å². The number of benzene rings is 2. The fourth-order valence-corrected chi connectivity index (χ4v) is 3.43. The highest BCUT2D eigenvalue weighted by molar-refractivity contribution is 5.77. The van der Waals surface area contributed by atoms with Crippen LogP contribution in [-0.2, 0) is 4.79 Å². The third-order valence-corrected chi connectivity index (χ3v) is 5.47. The highest BCUT2D eigenvalue weighted by Crippen LogP contribution is 2.32. The molecule has 182 valence electrons. The summed E-state index contributed by atoms with van der Waals surface area (Å²) < 4.78 is 23.7. The molecule has 4 aromatic rings. The quantitative estimate of drug-likeness (QED) is 0.347. The van der Waals surface area contributed by atoms with Crippen molar-refractivity contribution in [2.24, 2.45) is 0 Å². The Kier molecular flexibility index (Phi) is 7.30. The number of carbonyl (C=O) groups excluding carboxylic acids is 1. The molecule has 2 aromatic heterocycles. The lowest BCUT2D eigenvalue weighted by Gasteiger charge is -2.11. The lowest BCUT2D eigenvalue weighted by Crippen LogP contribution is -2.32. The highest BCUT2D eigenvalue weighted by atomic mass is 16.5. The molecule has 2 aromatic carbocycles. The van der Waals surface area contributed by atoms with E-state index in [1.165, 1.54) is 0 Å². The van der Waals surface area contributed by atoms with Crippen LogP contribution >= 0.6 is 0 Å². The fraction of sp³-hybridized carbons (Fsp3) is 0.280. The van der Waals surface area contributed by atoms with Crippen molar-refractivity contribution in [2.45, 2.75) is 13.8 Å². The normalized spacial score (nSPS) is 10.7. The van der Waals surface area contributed by atoms with Crippen molar-refractivity contribution in [3.63, 3.8) is 0 Å². The van der Waals surface area contributed by atoms with Crippen molar-refractivity contribution < 1.29 is 23.7 Å². The largest absolute Gasteiger partial charge is 0.497 e. The van der Waals surface area contributed by atoms with Gasteiger partial charge >= 0.3 is 0 Å². The molecule has 0 spiro atoms. The van der Waals surface area contributed by atoms with Gasteiger partial charge in [0.2, 0.25) is 5.88 Å². The van der Waals surface area contributed by atoms with Crippen LogP contribution < -0.4 is 24.3 Å². The van der Waals surface area contributed by atoms with Gasteiger partial charge in [0, 0.05) is 6.07 Å². The number of hydrogen-bond acceptors (Lipinski definition) is 8. The highest BCUT2D eigenvalue weighted by Gasteiger charge is 2.16. The topological polar surface area (TPSA) is 109 Å². The van der Waals surface area contributed by atoms with E-state index in [-0.39, 0.29) is 19.1 Å². The van der Waals surface area contributed by atoms with Crippen LogP contribution in [0.25, 0.3) is 17.0 Å². The van der Waals surface area contributed by atoms with Crippen molar-refractivity contribution in [1.82, 2.24) is 25.1 Å². The molecule has 0 atom stereocenters. The molecule has 10 nitrogen and oxygen atoms in total. The zero-order valence-electron chi connectivity index (χ0n) is 20.1. The van der Waals surface area contributed by atoms with E-state index in [2.05, 4.69) is 20.6 Å². The maximum Gasteiger partial charge on any atom is 0.258 e. The average molecular weight is 478 g/mol. The van der Waals surface area contributed by atoms with Crippen molar-refractivity contribution >= 4 is 11.6 Å². The first-order valence-corrected chi connectivity index (χ1v) is 11.0. The second-order valence-electron chi connectivity index (χ2n) is 7.72. The van der Waals surface area contributed by atoms with Crippen LogP contribution in [0.1, 0.15) is 11.1 Å². The van der Waals surface area contributed by atoms with E-state index in [4.69, 9.17) is 18.9 Å². The van der Waals surface area contributed by atoms with Gasteiger partial charge in [-0.1, -0.05) is 12.1 Å². The van der Waals surface area contributed by atoms with Gasteiger partial charge in [-0.25, -0.2) is 0 Å². The fourth-order valence-electron chi connectivity index (χ4n) is 3.43. The summed E-state index contributed by atoms with van der Waals surface area (Å²) in [7, 11) is 3.17. The summed E-state index contributed by atoms with van der Waals surface area (Å²) >= 11 is 0. The maximum atomic E-state index is 12.1. The molecule has 2 heterocycles. The first kappa shape index (κ1) is 23.8. The molecule has 0 unspecified atom stereocenters. The molecule has 0 saturated heterocycles. The second-order valence-corrected chi connectivity index (χ2v) is 7.72. The van der Waals surface area contributed by atoms with E-state index in [0.29, 0.717) is 46.7 Å². The number of methoxy groups -OCH3 is 2. The van der Waals surface area contributed by atoms with Gasteiger partial charge in [0.25, 0.3) is 5.91 Å². The van der Waals surface area contributed by atoms with Crippen LogP contribution in [0.4, 0.5) is 0 Å². The molecule has 0 bridgehead atoms. The van der Waals surface area contributed by atoms with E-state index in [0.717, 1.165) is 11.1 Å². The molecule has 1 N–H and O–H groups in total. The molecule has 10 heteroatoms. The number of rotatable bonds is 10. The number of nitrogens with one attached hydrogen (secondary N) is 1. The summed E-state index contributed by atoms with van der Waals surface area (Å²) in [6.45, 7) is 4.43. The molecule has 0 radical (unpaired) electrons. The smallest absolute Gasteiger partial charge is 0.258 e. The number of fused-ring (bicyclic) bond motifs is 1. The predicted molar refractivity (Wildman–Crippen MR) is 129 cm³/mol. The van der Waals surface area contributed by atoms with Gasteiger partial charge in [0.15, 0.2) is 18.1 Å². The first-order valence-electron chi connectivity index (χ1n) is 11.0. The van der Waals surface area contributed by atoms with E-state index in [1.807, 2.05) is 32.0 Å². The van der Waals surface area contributed by atoms with Crippen molar-refractivity contribution in [3.05, 3.63) is 59.7 Å². The SMILES string of the molecule is COc1ccc(OC)c(-c2nnc3ccc(OCCNC(=O)COc4cccc(C)c4C)nn23)c1. The predicted octanol–water partition coefficient (Wildman–Crippen LogP) is 3.00. The zero-order valence-corrected chi connectivity index (χ0v) is 20.1. The Morgan fingerprint density at radius 1 is 0.971 bits per heavy atom. The van der Waals surface area contributed by atoms with Crippen LogP contribution in [0.2, 0.25) is 0 Å². The van der Waals surface area contributed by atoms with Gasteiger partial charge in [-0.15, -0.1) is 15.3 Å². The van der Waals surface area contributed by atoms with Crippen LogP contribution in [0, 0.1) is 13.8 Å². The number of hydrogen-bond donors (Lipinski definition) is 1. The molecule has 1 amide bonds. The maximum absolute atomic E-state index is 12.1. The number of amides is 1. The second kappa shape index (κ2) is 10.7. The number of nitrogens with zero attached hydrogens (tertiary/aromatic N) is 4. The standard InChI is InChI=1S/C25H27N5O5/c1-16-6-5-7-20(17(16)2)35-15-23(31)26-12-13-34-24-11-10-22-27-28-25(30(22)29-24)19-14-18(32-3)8-9-21(19)33-4/h5-11,14H,12-13,15H2,1-4H3,(H,26,31). The molecule has 0 fully saturated rings. The molecule has 0 aliphatic rings. The average Bonchev–Trinajstić information content (AvgIpc) is 3.30. The minimum absolute atomic E-state index is 0.0685. The lowest BCUT2D eigenvalue weighted by atomic mass is 10.1. The zero-order chi connectivity index (χ0) is 24.8. The van der Waals surface area contributed by atoms with Crippen LogP contribution in [0.3, 0.4) is 0 Å². The minimum atomic E-state index is -0.232. The van der Waals surface area contributed by atoms with E-state index in [1.54, 1.807) is 49.1 Å². The van der Waals surface area contributed by atoms with Gasteiger partial charge < -0.3 is 24.3 Å². The molecular weight excluding hydrogens is 450 g/mol. The third-order valence-electron chi connectivity index (χ3n) is 5.47. The summed E-state index contributed by atoms with van der Waals surface area (Å²) in [5.74, 6) is 2.58. The van der Waals surface area contributed by atoms with Crippen LogP contribution in [0.15, 0.2) is 48.5 Å². The van der Waals surface area contributed by atoms with E-state index in [9.17, 15) is 4.79 Å². The Bertz CT molecular complexity index is 1340. The number of aryl methyl sites for hydroxylation is 1. The Labute approximate surface area is 202 Å². The van der Waals surface area contributed by atoms with Gasteiger partial charge in [-0.3, -0.25) is 4.79 Å². The summed E-state index contributed by atoms with van der Waals surface area (Å²) in [6, 6.07) is 14.6. The van der Waals surface area contributed by atoms with Crippen LogP contribution in [0.5, 0.6) is 23.1 Å². The van der Waals surface area contributed by atoms with Crippen molar-refractivity contribution in [1.29, 1.82) is 0 Å². The van der Waals surface area contributed by atoms with E-state index >= 15 is 0 Å². The lowest BCUT2D eigenvalue weighted by molar-refractivity contribution is -0.123. The molecule has 0 saturated carbocycles. The molecular formula is C25H27N5O5. The Hall–Kier alpha value is -4.34. The summed E-state index contributed by atoms with van der Waals surface area (Å²) in [4.78, 5) is 12.1. The third kappa shape index (κ3) is 5.43. The number of ether oxygens (including phenoxy) is 4. The summed E-state index contributed by atoms with van der Waals surface area (Å²) in [6.07, 6.45) is 0. The number of aromatic nitrogens is 4. The summed E-state index contributed by atoms with van der Waals surface area (Å²) in [5, 5.41) is 15.7. The first-order chi connectivity index (χ1) is 17.0. The van der Waals surface area contributed by atoms with Gasteiger partial charge in [0.05, 0.1) is 26.3 Å². The molecule has 0 aliphatic heterocycles. The van der Waals surface area contributed by atoms with E-state index < -0.39 is 0 Å². The Balaban J connectivity index is 1.36. The van der Waals surface area contributed by atoms with Gasteiger partial charge in [-0.05, 0) is 55.3 Å². The number of carbonyl (C=O) groups is 1. The minimum Gasteiger partial charge on any atom is -0.497 e. The van der Waals surface area contributed by atoms with Crippen LogP contribution in [-0.4, -0.2) is 59.7 Å². The molecule has 0 aliphatic carbocycles.